The summed E-state index contributed by atoms with van der Waals surface area (Å²) in [5.41, 5.74) is 5.67. The van der Waals surface area contributed by atoms with E-state index in [1.165, 1.54) is 4.90 Å². The minimum Gasteiger partial charge on any atom is -0.383 e. The molecule has 80 valence electrons. The van der Waals surface area contributed by atoms with Gasteiger partial charge in [0.1, 0.15) is 0 Å². The molecule has 1 fully saturated rings. The Hall–Kier alpha value is -0.940. The third-order valence-electron chi connectivity index (χ3n) is 2.18. The van der Waals surface area contributed by atoms with Crippen LogP contribution in [0.3, 0.4) is 0 Å². The maximum Gasteiger partial charge on any atom is 0.229 e. The molecule has 0 radical (unpaired) electrons. The smallest absolute Gasteiger partial charge is 0.229 e. The molecule has 0 aromatic heterocycles. The van der Waals surface area contributed by atoms with Crippen LogP contribution in [0.2, 0.25) is 0 Å². The largest absolute Gasteiger partial charge is 0.383 e. The van der Waals surface area contributed by atoms with Crippen molar-refractivity contribution in [2.45, 2.75) is 25.3 Å². The van der Waals surface area contributed by atoms with Crippen LogP contribution in [-0.2, 0) is 14.3 Å². The summed E-state index contributed by atoms with van der Waals surface area (Å²) in [6.07, 6.45) is 1.56. The molecule has 14 heavy (non-hydrogen) atoms. The van der Waals surface area contributed by atoms with Crippen molar-refractivity contribution in [3.8, 4) is 0 Å². The summed E-state index contributed by atoms with van der Waals surface area (Å²) < 4.78 is 4.84. The molecule has 0 aliphatic carbocycles. The van der Waals surface area contributed by atoms with Crippen LogP contribution in [0.25, 0.3) is 0 Å². The lowest BCUT2D eigenvalue weighted by atomic mass is 10.1. The standard InChI is InChI=1S/C9H16N2O3/c1-14-6-7(10)5-11-8(12)3-2-4-9(11)13/h7H,2-6,10H2,1H3. The molecule has 1 aliphatic rings. The van der Waals surface area contributed by atoms with Gasteiger partial charge in [0.15, 0.2) is 0 Å². The van der Waals surface area contributed by atoms with Crippen LogP contribution in [0.1, 0.15) is 19.3 Å². The molecule has 1 heterocycles. The number of amides is 2. The van der Waals surface area contributed by atoms with Crippen molar-refractivity contribution in [1.82, 2.24) is 4.90 Å². The zero-order valence-electron chi connectivity index (χ0n) is 8.36. The number of carbonyl (C=O) groups excluding carboxylic acids is 2. The van der Waals surface area contributed by atoms with Crippen LogP contribution in [0, 0.1) is 0 Å². The highest BCUT2D eigenvalue weighted by molar-refractivity contribution is 5.97. The van der Waals surface area contributed by atoms with Crippen LogP contribution >= 0.6 is 0 Å². The third kappa shape index (κ3) is 2.78. The Balaban J connectivity index is 2.47. The lowest BCUT2D eigenvalue weighted by Crippen LogP contribution is -2.48. The number of ether oxygens (including phenoxy) is 1. The fourth-order valence-corrected chi connectivity index (χ4v) is 1.50. The fourth-order valence-electron chi connectivity index (χ4n) is 1.50. The highest BCUT2D eigenvalue weighted by Crippen LogP contribution is 2.12. The zero-order valence-corrected chi connectivity index (χ0v) is 8.36. The molecular weight excluding hydrogens is 184 g/mol. The Morgan fingerprint density at radius 3 is 2.50 bits per heavy atom. The van der Waals surface area contributed by atoms with Crippen molar-refractivity contribution in [1.29, 1.82) is 0 Å². The van der Waals surface area contributed by atoms with E-state index in [1.54, 1.807) is 7.11 Å². The second-order valence-corrected chi connectivity index (χ2v) is 3.47. The van der Waals surface area contributed by atoms with Gasteiger partial charge in [-0.05, 0) is 6.42 Å². The molecule has 0 saturated carbocycles. The van der Waals surface area contributed by atoms with Gasteiger partial charge >= 0.3 is 0 Å². The number of piperidine rings is 1. The lowest BCUT2D eigenvalue weighted by molar-refractivity contribution is -0.148. The van der Waals surface area contributed by atoms with Crippen LogP contribution < -0.4 is 5.73 Å². The van der Waals surface area contributed by atoms with Gasteiger partial charge in [-0.3, -0.25) is 14.5 Å². The number of methoxy groups -OCH3 is 1. The van der Waals surface area contributed by atoms with Gasteiger partial charge in [-0.15, -0.1) is 0 Å². The van der Waals surface area contributed by atoms with E-state index in [1.807, 2.05) is 0 Å². The number of rotatable bonds is 4. The van der Waals surface area contributed by atoms with Crippen LogP contribution in [0.15, 0.2) is 0 Å². The predicted molar refractivity (Wildman–Crippen MR) is 50.4 cm³/mol. The number of likely N-dealkylation sites (tertiary alicyclic amines) is 1. The average Bonchev–Trinajstić information content (AvgIpc) is 2.12. The first-order valence-electron chi connectivity index (χ1n) is 4.73. The maximum absolute atomic E-state index is 11.4. The van der Waals surface area contributed by atoms with Gasteiger partial charge in [0, 0.05) is 32.5 Å². The molecule has 2 amide bonds. The molecule has 2 N–H and O–H groups in total. The highest BCUT2D eigenvalue weighted by atomic mass is 16.5. The van der Waals surface area contributed by atoms with E-state index in [9.17, 15) is 9.59 Å². The van der Waals surface area contributed by atoms with Crippen molar-refractivity contribution in [2.24, 2.45) is 5.73 Å². The van der Waals surface area contributed by atoms with Crippen molar-refractivity contribution in [3.63, 3.8) is 0 Å². The maximum atomic E-state index is 11.4. The van der Waals surface area contributed by atoms with Gasteiger partial charge in [-0.1, -0.05) is 0 Å². The molecule has 0 spiro atoms. The van der Waals surface area contributed by atoms with E-state index in [2.05, 4.69) is 0 Å². The van der Waals surface area contributed by atoms with Gasteiger partial charge in [0.2, 0.25) is 11.8 Å². The van der Waals surface area contributed by atoms with E-state index in [0.717, 1.165) is 0 Å². The topological polar surface area (TPSA) is 72.6 Å². The highest BCUT2D eigenvalue weighted by Gasteiger charge is 2.26. The minimum atomic E-state index is -0.286. The summed E-state index contributed by atoms with van der Waals surface area (Å²) in [7, 11) is 1.54. The van der Waals surface area contributed by atoms with Gasteiger partial charge in [-0.25, -0.2) is 0 Å². The number of imide groups is 1. The summed E-state index contributed by atoms with van der Waals surface area (Å²) >= 11 is 0. The SMILES string of the molecule is COCC(N)CN1C(=O)CCCC1=O. The molecule has 5 nitrogen and oxygen atoms in total. The number of hydrogen-bond donors (Lipinski definition) is 1. The number of nitrogens with zero attached hydrogens (tertiary/aromatic N) is 1. The summed E-state index contributed by atoms with van der Waals surface area (Å²) in [6, 6.07) is -0.286. The van der Waals surface area contributed by atoms with E-state index >= 15 is 0 Å². The minimum absolute atomic E-state index is 0.118. The number of carbonyl (C=O) groups is 2. The predicted octanol–water partition coefficient (Wildman–Crippen LogP) is -0.501. The second-order valence-electron chi connectivity index (χ2n) is 3.47. The van der Waals surface area contributed by atoms with Crippen LogP contribution in [0.5, 0.6) is 0 Å². The molecule has 1 aliphatic heterocycles. The van der Waals surface area contributed by atoms with Gasteiger partial charge in [0.25, 0.3) is 0 Å². The van der Waals surface area contributed by atoms with E-state index in [4.69, 9.17) is 10.5 Å². The Bertz CT molecular complexity index is 214. The van der Waals surface area contributed by atoms with Gasteiger partial charge in [0.05, 0.1) is 6.61 Å². The lowest BCUT2D eigenvalue weighted by Gasteiger charge is -2.27. The van der Waals surface area contributed by atoms with E-state index in [0.29, 0.717) is 25.9 Å². The summed E-state index contributed by atoms with van der Waals surface area (Å²) in [5, 5.41) is 0. The Labute approximate surface area is 83.2 Å². The van der Waals surface area contributed by atoms with Crippen molar-refractivity contribution < 1.29 is 14.3 Å². The molecular formula is C9H16N2O3. The summed E-state index contributed by atoms with van der Waals surface area (Å²) in [4.78, 5) is 23.9. The zero-order chi connectivity index (χ0) is 10.6. The Morgan fingerprint density at radius 2 is 2.00 bits per heavy atom. The second kappa shape index (κ2) is 5.07. The molecule has 1 saturated heterocycles. The first-order chi connectivity index (χ1) is 6.65. The molecule has 1 unspecified atom stereocenters. The summed E-state index contributed by atoms with van der Waals surface area (Å²) in [5.74, 6) is -0.236. The van der Waals surface area contributed by atoms with Crippen molar-refractivity contribution >= 4 is 11.8 Å². The summed E-state index contributed by atoms with van der Waals surface area (Å²) in [6.45, 7) is 0.628. The molecule has 5 heteroatoms. The third-order valence-corrected chi connectivity index (χ3v) is 2.18. The monoisotopic (exact) mass is 200 g/mol. The normalized spacial score (nSPS) is 20.0. The quantitative estimate of drug-likeness (QED) is 0.621. The molecule has 0 aromatic rings. The molecule has 1 atom stereocenters. The van der Waals surface area contributed by atoms with Crippen molar-refractivity contribution in [2.75, 3.05) is 20.3 Å². The Morgan fingerprint density at radius 1 is 1.43 bits per heavy atom. The van der Waals surface area contributed by atoms with E-state index in [-0.39, 0.29) is 24.4 Å². The van der Waals surface area contributed by atoms with Crippen molar-refractivity contribution in [3.05, 3.63) is 0 Å². The molecule has 1 rings (SSSR count). The molecule has 0 bridgehead atoms. The van der Waals surface area contributed by atoms with Crippen LogP contribution in [0.4, 0.5) is 0 Å². The first-order valence-corrected chi connectivity index (χ1v) is 4.73. The first kappa shape index (κ1) is 11.1. The fraction of sp³-hybridized carbons (Fsp3) is 0.778. The van der Waals surface area contributed by atoms with E-state index < -0.39 is 0 Å². The van der Waals surface area contributed by atoms with Gasteiger partial charge in [-0.2, -0.15) is 0 Å². The Kier molecular flexibility index (Phi) is 4.03. The van der Waals surface area contributed by atoms with Crippen LogP contribution in [-0.4, -0.2) is 43.0 Å². The number of hydrogen-bond acceptors (Lipinski definition) is 4. The number of nitrogens with two attached hydrogens (primary N) is 1. The average molecular weight is 200 g/mol. The molecule has 0 aromatic carbocycles. The van der Waals surface area contributed by atoms with Gasteiger partial charge < -0.3 is 10.5 Å².